The zero-order chi connectivity index (χ0) is 16.7. The fourth-order valence-corrected chi connectivity index (χ4v) is 3.39. The maximum Gasteiger partial charge on any atom is 0.310 e. The molecule has 3 atom stereocenters. The Morgan fingerprint density at radius 2 is 2.14 bits per heavy atom. The molecule has 22 heavy (non-hydrogen) atoms. The molecule has 0 spiro atoms. The third-order valence-electron chi connectivity index (χ3n) is 4.68. The van der Waals surface area contributed by atoms with Crippen molar-refractivity contribution in [3.63, 3.8) is 0 Å². The van der Waals surface area contributed by atoms with Gasteiger partial charge in [-0.1, -0.05) is 37.0 Å². The predicted molar refractivity (Wildman–Crippen MR) is 86.2 cm³/mol. The number of allylic oxidation sites excluding steroid dienone is 2. The number of halogens is 2. The van der Waals surface area contributed by atoms with Crippen molar-refractivity contribution in [1.29, 1.82) is 0 Å². The van der Waals surface area contributed by atoms with E-state index in [2.05, 4.69) is 5.92 Å². The van der Waals surface area contributed by atoms with Gasteiger partial charge in [-0.3, -0.25) is 9.59 Å². The average Bonchev–Trinajstić information content (AvgIpc) is 2.83. The lowest BCUT2D eigenvalue weighted by Crippen LogP contribution is -2.21. The maximum absolute atomic E-state index is 12.4. The standard InChI is InChI=1S/C17H18Cl2O3/c1-5-6-10-9(2)12(20)8-13(10)22-16(21)15-11(7-14(18)19)17(15,3)4/h1,7,11,13,15H,6,8H2,2-4H3. The van der Waals surface area contributed by atoms with E-state index < -0.39 is 6.10 Å². The van der Waals surface area contributed by atoms with Crippen LogP contribution in [0.25, 0.3) is 0 Å². The van der Waals surface area contributed by atoms with E-state index in [1.54, 1.807) is 13.0 Å². The third-order valence-corrected chi connectivity index (χ3v) is 4.93. The molecule has 3 nitrogen and oxygen atoms in total. The molecule has 3 unspecified atom stereocenters. The molecule has 5 heteroatoms. The van der Waals surface area contributed by atoms with Crippen LogP contribution in [0.1, 0.15) is 33.6 Å². The molecule has 0 N–H and O–H groups in total. The van der Waals surface area contributed by atoms with E-state index in [1.165, 1.54) is 0 Å². The van der Waals surface area contributed by atoms with Gasteiger partial charge in [0.2, 0.25) is 0 Å². The van der Waals surface area contributed by atoms with Crippen LogP contribution in [0.2, 0.25) is 0 Å². The van der Waals surface area contributed by atoms with Crippen LogP contribution in [-0.2, 0) is 14.3 Å². The Hall–Kier alpha value is -1.24. The molecule has 0 amide bonds. The van der Waals surface area contributed by atoms with Crippen LogP contribution in [0.4, 0.5) is 0 Å². The number of Topliss-reactive ketones (excluding diaryl/α,β-unsaturated/α-hetero) is 1. The van der Waals surface area contributed by atoms with Crippen molar-refractivity contribution in [2.24, 2.45) is 17.3 Å². The summed E-state index contributed by atoms with van der Waals surface area (Å²) in [5.74, 6) is 1.81. The van der Waals surface area contributed by atoms with Crippen molar-refractivity contribution in [1.82, 2.24) is 0 Å². The number of carbonyl (C=O) groups excluding carboxylic acids is 2. The SMILES string of the molecule is C#CCC1=C(C)C(=O)CC1OC(=O)C1C(C=C(Cl)Cl)C1(C)C. The fourth-order valence-electron chi connectivity index (χ4n) is 3.12. The summed E-state index contributed by atoms with van der Waals surface area (Å²) >= 11 is 11.4. The Kier molecular flexibility index (Phi) is 4.75. The highest BCUT2D eigenvalue weighted by atomic mass is 35.5. The summed E-state index contributed by atoms with van der Waals surface area (Å²) < 4.78 is 5.71. The Balaban J connectivity index is 2.09. The van der Waals surface area contributed by atoms with Gasteiger partial charge in [-0.25, -0.2) is 0 Å². The molecule has 2 rings (SSSR count). The Morgan fingerprint density at radius 3 is 2.68 bits per heavy atom. The Bertz CT molecular complexity index is 618. The second-order valence-electron chi connectivity index (χ2n) is 6.37. The smallest absolute Gasteiger partial charge is 0.310 e. The molecule has 0 aromatic carbocycles. The van der Waals surface area contributed by atoms with Crippen molar-refractivity contribution in [3.8, 4) is 12.3 Å². The van der Waals surface area contributed by atoms with Crippen LogP contribution in [0.5, 0.6) is 0 Å². The van der Waals surface area contributed by atoms with Gasteiger partial charge in [-0.15, -0.1) is 12.3 Å². The summed E-state index contributed by atoms with van der Waals surface area (Å²) in [6.07, 6.45) is 6.95. The first-order chi connectivity index (χ1) is 10.2. The molecule has 1 fully saturated rings. The average molecular weight is 341 g/mol. The van der Waals surface area contributed by atoms with Crippen molar-refractivity contribution in [3.05, 3.63) is 21.7 Å². The van der Waals surface area contributed by atoms with Crippen LogP contribution in [0, 0.1) is 29.6 Å². The van der Waals surface area contributed by atoms with Crippen LogP contribution in [-0.4, -0.2) is 17.9 Å². The van der Waals surface area contributed by atoms with E-state index in [4.69, 9.17) is 34.4 Å². The van der Waals surface area contributed by atoms with Crippen LogP contribution >= 0.6 is 23.2 Å². The molecule has 0 radical (unpaired) electrons. The highest BCUT2D eigenvalue weighted by Gasteiger charge is 2.62. The molecule has 2 aliphatic rings. The van der Waals surface area contributed by atoms with E-state index in [1.807, 2.05) is 13.8 Å². The number of hydrogen-bond donors (Lipinski definition) is 0. The minimum absolute atomic E-state index is 0.0154. The van der Waals surface area contributed by atoms with E-state index >= 15 is 0 Å². The highest BCUT2D eigenvalue weighted by molar-refractivity contribution is 6.55. The first-order valence-corrected chi connectivity index (χ1v) is 7.85. The number of esters is 1. The van der Waals surface area contributed by atoms with Gasteiger partial charge in [0.1, 0.15) is 10.6 Å². The van der Waals surface area contributed by atoms with Crippen LogP contribution in [0.3, 0.4) is 0 Å². The lowest BCUT2D eigenvalue weighted by Gasteiger charge is -2.15. The number of terminal acetylenes is 1. The zero-order valence-electron chi connectivity index (χ0n) is 12.8. The summed E-state index contributed by atoms with van der Waals surface area (Å²) in [5.41, 5.74) is 1.10. The second-order valence-corrected chi connectivity index (χ2v) is 7.37. The topological polar surface area (TPSA) is 43.4 Å². The Labute approximate surface area is 140 Å². The van der Waals surface area contributed by atoms with Crippen LogP contribution in [0.15, 0.2) is 21.7 Å². The van der Waals surface area contributed by atoms with Gasteiger partial charge in [-0.05, 0) is 35.5 Å². The minimum atomic E-state index is -0.538. The lowest BCUT2D eigenvalue weighted by atomic mass is 10.1. The van der Waals surface area contributed by atoms with Gasteiger partial charge in [0, 0.05) is 6.42 Å². The molecule has 0 aliphatic heterocycles. The normalized spacial score (nSPS) is 29.1. The van der Waals surface area contributed by atoms with Gasteiger partial charge >= 0.3 is 5.97 Å². The molecule has 0 bridgehead atoms. The summed E-state index contributed by atoms with van der Waals surface area (Å²) in [7, 11) is 0. The first kappa shape index (κ1) is 17.1. The van der Waals surface area contributed by atoms with E-state index in [9.17, 15) is 9.59 Å². The van der Waals surface area contributed by atoms with Gasteiger partial charge in [0.25, 0.3) is 0 Å². The molecule has 2 aliphatic carbocycles. The number of ether oxygens (including phenoxy) is 1. The van der Waals surface area contributed by atoms with E-state index in [0.717, 1.165) is 5.57 Å². The summed E-state index contributed by atoms with van der Waals surface area (Å²) in [6, 6.07) is 0. The number of rotatable bonds is 4. The number of hydrogen-bond acceptors (Lipinski definition) is 3. The molecule has 0 saturated heterocycles. The largest absolute Gasteiger partial charge is 0.457 e. The van der Waals surface area contributed by atoms with Gasteiger partial charge in [0.05, 0.1) is 12.3 Å². The van der Waals surface area contributed by atoms with Crippen LogP contribution < -0.4 is 0 Å². The number of carbonyl (C=O) groups is 2. The molecular formula is C17H18Cl2O3. The van der Waals surface area contributed by atoms with Gasteiger partial charge in [0.15, 0.2) is 5.78 Å². The lowest BCUT2D eigenvalue weighted by molar-refractivity contribution is -0.150. The zero-order valence-corrected chi connectivity index (χ0v) is 14.3. The quantitative estimate of drug-likeness (QED) is 0.577. The highest BCUT2D eigenvalue weighted by Crippen LogP contribution is 2.60. The molecular weight excluding hydrogens is 323 g/mol. The predicted octanol–water partition coefficient (Wildman–Crippen LogP) is 3.80. The molecule has 118 valence electrons. The van der Waals surface area contributed by atoms with Crippen molar-refractivity contribution in [2.75, 3.05) is 0 Å². The van der Waals surface area contributed by atoms with Crippen molar-refractivity contribution >= 4 is 35.0 Å². The van der Waals surface area contributed by atoms with Gasteiger partial charge in [-0.2, -0.15) is 0 Å². The fraction of sp³-hybridized carbons (Fsp3) is 0.529. The second kappa shape index (κ2) is 6.10. The first-order valence-electron chi connectivity index (χ1n) is 7.09. The molecule has 1 saturated carbocycles. The summed E-state index contributed by atoms with van der Waals surface area (Å²) in [6.45, 7) is 5.64. The monoisotopic (exact) mass is 340 g/mol. The van der Waals surface area contributed by atoms with Gasteiger partial charge < -0.3 is 4.74 Å². The Morgan fingerprint density at radius 1 is 1.50 bits per heavy atom. The van der Waals surface area contributed by atoms with Crippen molar-refractivity contribution in [2.45, 2.75) is 39.7 Å². The number of ketones is 1. The minimum Gasteiger partial charge on any atom is -0.457 e. The maximum atomic E-state index is 12.4. The summed E-state index contributed by atoms with van der Waals surface area (Å²) in [5, 5.41) is 0. The van der Waals surface area contributed by atoms with E-state index in [-0.39, 0.29) is 39.9 Å². The third kappa shape index (κ3) is 3.09. The van der Waals surface area contributed by atoms with Crippen molar-refractivity contribution < 1.29 is 14.3 Å². The molecule has 0 aromatic rings. The molecule has 0 heterocycles. The molecule has 0 aromatic heterocycles. The summed E-state index contributed by atoms with van der Waals surface area (Å²) in [4.78, 5) is 24.2. The van der Waals surface area contributed by atoms with E-state index in [0.29, 0.717) is 12.0 Å².